The van der Waals surface area contributed by atoms with Gasteiger partial charge in [-0.3, -0.25) is 0 Å². The molecule has 0 saturated carbocycles. The summed E-state index contributed by atoms with van der Waals surface area (Å²) >= 11 is 11.4. The van der Waals surface area contributed by atoms with Crippen molar-refractivity contribution in [1.29, 1.82) is 0 Å². The minimum absolute atomic E-state index is 0.0222. The first kappa shape index (κ1) is 13.6. The number of hydrogen-bond donors (Lipinski definition) is 1. The lowest BCUT2D eigenvalue weighted by molar-refractivity contribution is 0.191. The van der Waals surface area contributed by atoms with E-state index in [-0.39, 0.29) is 16.1 Å². The van der Waals surface area contributed by atoms with Gasteiger partial charge in [-0.05, 0) is 25.5 Å². The Labute approximate surface area is 105 Å². The summed E-state index contributed by atoms with van der Waals surface area (Å²) in [5.74, 6) is -0.585. The molecule has 90 valence electrons. The summed E-state index contributed by atoms with van der Waals surface area (Å²) in [6, 6.07) is 3.25. The number of anilines is 1. The van der Waals surface area contributed by atoms with E-state index in [0.29, 0.717) is 12.3 Å². The van der Waals surface area contributed by atoms with Crippen LogP contribution in [0.1, 0.15) is 13.3 Å². The topological polar surface area (TPSA) is 21.3 Å². The first-order valence-electron chi connectivity index (χ1n) is 4.94. The van der Waals surface area contributed by atoms with Crippen LogP contribution in [-0.4, -0.2) is 19.8 Å². The summed E-state index contributed by atoms with van der Waals surface area (Å²) in [6.07, 6.45) is 0.850. The summed E-state index contributed by atoms with van der Waals surface area (Å²) < 4.78 is 18.1. The van der Waals surface area contributed by atoms with E-state index in [2.05, 4.69) is 5.32 Å². The molecule has 0 aliphatic rings. The molecule has 0 saturated heterocycles. The predicted molar refractivity (Wildman–Crippen MR) is 66.0 cm³/mol. The van der Waals surface area contributed by atoms with Crippen LogP contribution in [-0.2, 0) is 4.74 Å². The van der Waals surface area contributed by atoms with E-state index in [1.165, 1.54) is 12.1 Å². The third-order valence-corrected chi connectivity index (χ3v) is 2.70. The van der Waals surface area contributed by atoms with Gasteiger partial charge in [-0.2, -0.15) is 0 Å². The van der Waals surface area contributed by atoms with Gasteiger partial charge in [0.1, 0.15) is 0 Å². The average Bonchev–Trinajstić information content (AvgIpc) is 2.23. The Morgan fingerprint density at radius 3 is 2.44 bits per heavy atom. The fourth-order valence-electron chi connectivity index (χ4n) is 1.29. The molecule has 0 aliphatic carbocycles. The number of halogens is 3. The average molecular weight is 266 g/mol. The van der Waals surface area contributed by atoms with Crippen LogP contribution in [0.2, 0.25) is 10.0 Å². The van der Waals surface area contributed by atoms with Crippen LogP contribution in [0.15, 0.2) is 12.1 Å². The van der Waals surface area contributed by atoms with Crippen molar-refractivity contribution >= 4 is 28.9 Å². The highest BCUT2D eigenvalue weighted by Crippen LogP contribution is 2.27. The normalized spacial score (nSPS) is 12.6. The van der Waals surface area contributed by atoms with E-state index in [0.717, 1.165) is 6.42 Å². The largest absolute Gasteiger partial charge is 0.385 e. The molecule has 1 unspecified atom stereocenters. The zero-order chi connectivity index (χ0) is 12.1. The Bertz CT molecular complexity index is 337. The highest BCUT2D eigenvalue weighted by molar-refractivity contribution is 6.35. The van der Waals surface area contributed by atoms with Gasteiger partial charge in [-0.1, -0.05) is 23.2 Å². The highest BCUT2D eigenvalue weighted by Gasteiger charge is 2.09. The third kappa shape index (κ3) is 3.81. The van der Waals surface area contributed by atoms with Gasteiger partial charge < -0.3 is 10.1 Å². The highest BCUT2D eigenvalue weighted by atomic mass is 35.5. The molecule has 1 N–H and O–H groups in total. The van der Waals surface area contributed by atoms with Crippen molar-refractivity contribution in [2.75, 3.05) is 19.0 Å². The summed E-state index contributed by atoms with van der Waals surface area (Å²) in [5, 5.41) is 3.21. The maximum Gasteiger partial charge on any atom is 0.160 e. The second kappa shape index (κ2) is 6.28. The molecule has 0 aliphatic heterocycles. The van der Waals surface area contributed by atoms with Crippen LogP contribution in [0, 0.1) is 5.82 Å². The minimum Gasteiger partial charge on any atom is -0.385 e. The quantitative estimate of drug-likeness (QED) is 0.814. The Morgan fingerprint density at radius 1 is 1.38 bits per heavy atom. The molecule has 16 heavy (non-hydrogen) atoms. The second-order valence-electron chi connectivity index (χ2n) is 3.58. The zero-order valence-corrected chi connectivity index (χ0v) is 10.7. The van der Waals surface area contributed by atoms with Crippen molar-refractivity contribution in [2.24, 2.45) is 0 Å². The fraction of sp³-hybridized carbons (Fsp3) is 0.455. The molecule has 0 spiro atoms. The van der Waals surface area contributed by atoms with E-state index in [4.69, 9.17) is 27.9 Å². The fourth-order valence-corrected chi connectivity index (χ4v) is 1.78. The molecular formula is C11H14Cl2FNO. The standard InChI is InChI=1S/C11H14Cl2FNO/c1-7(3-4-16-2)15-8-5-9(12)11(14)10(13)6-8/h5-7,15H,3-4H2,1-2H3. The molecule has 1 aromatic carbocycles. The molecule has 0 radical (unpaired) electrons. The summed E-state index contributed by atoms with van der Waals surface area (Å²) in [4.78, 5) is 0. The molecule has 0 fully saturated rings. The summed E-state index contributed by atoms with van der Waals surface area (Å²) in [6.45, 7) is 2.67. The van der Waals surface area contributed by atoms with Gasteiger partial charge in [0, 0.05) is 25.4 Å². The maximum absolute atomic E-state index is 13.1. The monoisotopic (exact) mass is 265 g/mol. The van der Waals surface area contributed by atoms with Crippen LogP contribution in [0.3, 0.4) is 0 Å². The molecule has 1 atom stereocenters. The Balaban J connectivity index is 2.67. The van der Waals surface area contributed by atoms with Crippen molar-refractivity contribution in [2.45, 2.75) is 19.4 Å². The first-order chi connectivity index (χ1) is 7.54. The van der Waals surface area contributed by atoms with Gasteiger partial charge in [0.15, 0.2) is 5.82 Å². The van der Waals surface area contributed by atoms with E-state index in [1.54, 1.807) is 7.11 Å². The predicted octanol–water partition coefficient (Wildman–Crippen LogP) is 3.97. The molecule has 1 aromatic rings. The number of benzene rings is 1. The molecule has 5 heteroatoms. The minimum atomic E-state index is -0.585. The SMILES string of the molecule is COCCC(C)Nc1cc(Cl)c(F)c(Cl)c1. The molecular weight excluding hydrogens is 252 g/mol. The zero-order valence-electron chi connectivity index (χ0n) is 9.19. The second-order valence-corrected chi connectivity index (χ2v) is 4.40. The van der Waals surface area contributed by atoms with Gasteiger partial charge in [-0.25, -0.2) is 4.39 Å². The van der Waals surface area contributed by atoms with E-state index in [9.17, 15) is 4.39 Å². The van der Waals surface area contributed by atoms with Gasteiger partial charge in [0.05, 0.1) is 10.0 Å². The number of rotatable bonds is 5. The Morgan fingerprint density at radius 2 is 1.94 bits per heavy atom. The molecule has 2 nitrogen and oxygen atoms in total. The lowest BCUT2D eigenvalue weighted by Gasteiger charge is -2.15. The van der Waals surface area contributed by atoms with Crippen molar-refractivity contribution < 1.29 is 9.13 Å². The molecule has 1 rings (SSSR count). The van der Waals surface area contributed by atoms with Crippen molar-refractivity contribution in [3.8, 4) is 0 Å². The van der Waals surface area contributed by atoms with E-state index in [1.807, 2.05) is 6.92 Å². The lowest BCUT2D eigenvalue weighted by Crippen LogP contribution is -2.17. The molecule has 0 bridgehead atoms. The number of nitrogens with one attached hydrogen (secondary N) is 1. The Kier molecular flexibility index (Phi) is 5.32. The van der Waals surface area contributed by atoms with Gasteiger partial charge in [0.2, 0.25) is 0 Å². The Hall–Kier alpha value is -0.510. The number of ether oxygens (including phenoxy) is 1. The van der Waals surface area contributed by atoms with Crippen molar-refractivity contribution in [3.05, 3.63) is 28.0 Å². The number of hydrogen-bond acceptors (Lipinski definition) is 2. The van der Waals surface area contributed by atoms with Crippen molar-refractivity contribution in [1.82, 2.24) is 0 Å². The van der Waals surface area contributed by atoms with E-state index >= 15 is 0 Å². The molecule has 0 amide bonds. The molecule has 0 heterocycles. The molecule has 0 aromatic heterocycles. The van der Waals surface area contributed by atoms with Gasteiger partial charge in [0.25, 0.3) is 0 Å². The number of methoxy groups -OCH3 is 1. The lowest BCUT2D eigenvalue weighted by atomic mass is 10.2. The van der Waals surface area contributed by atoms with Gasteiger partial charge in [-0.15, -0.1) is 0 Å². The van der Waals surface area contributed by atoms with Crippen LogP contribution in [0.25, 0.3) is 0 Å². The van der Waals surface area contributed by atoms with Crippen molar-refractivity contribution in [3.63, 3.8) is 0 Å². The van der Waals surface area contributed by atoms with Crippen LogP contribution < -0.4 is 5.32 Å². The van der Waals surface area contributed by atoms with Crippen LogP contribution in [0.4, 0.5) is 10.1 Å². The smallest absolute Gasteiger partial charge is 0.160 e. The third-order valence-electron chi connectivity index (χ3n) is 2.15. The first-order valence-corrected chi connectivity index (χ1v) is 5.70. The summed E-state index contributed by atoms with van der Waals surface area (Å²) in [7, 11) is 1.65. The maximum atomic E-state index is 13.1. The van der Waals surface area contributed by atoms with Crippen LogP contribution >= 0.6 is 23.2 Å². The van der Waals surface area contributed by atoms with Gasteiger partial charge >= 0.3 is 0 Å². The van der Waals surface area contributed by atoms with Crippen LogP contribution in [0.5, 0.6) is 0 Å². The summed E-state index contributed by atoms with van der Waals surface area (Å²) in [5.41, 5.74) is 0.708. The van der Waals surface area contributed by atoms with E-state index < -0.39 is 5.82 Å².